The van der Waals surface area contributed by atoms with Crippen molar-refractivity contribution < 1.29 is 4.74 Å². The van der Waals surface area contributed by atoms with Crippen LogP contribution in [0.1, 0.15) is 24.9 Å². The number of fused-ring (bicyclic) bond motifs is 1. The van der Waals surface area contributed by atoms with E-state index in [1.165, 1.54) is 5.56 Å². The summed E-state index contributed by atoms with van der Waals surface area (Å²) in [5.41, 5.74) is 2.49. The topological polar surface area (TPSA) is 24.5 Å². The van der Waals surface area contributed by atoms with Crippen molar-refractivity contribution in [1.29, 1.82) is 0 Å². The van der Waals surface area contributed by atoms with E-state index < -0.39 is 0 Å². The van der Waals surface area contributed by atoms with E-state index in [0.29, 0.717) is 12.1 Å². The summed E-state index contributed by atoms with van der Waals surface area (Å²) in [4.78, 5) is 2.27. The van der Waals surface area contributed by atoms with Crippen molar-refractivity contribution in [3.8, 4) is 5.75 Å². The van der Waals surface area contributed by atoms with Crippen molar-refractivity contribution in [1.82, 2.24) is 4.90 Å². The van der Waals surface area contributed by atoms with Crippen LogP contribution in [-0.4, -0.2) is 32.1 Å². The van der Waals surface area contributed by atoms with Crippen molar-refractivity contribution in [2.45, 2.75) is 25.4 Å². The highest BCUT2D eigenvalue weighted by Crippen LogP contribution is 2.40. The van der Waals surface area contributed by atoms with Gasteiger partial charge in [0.1, 0.15) is 5.75 Å². The van der Waals surface area contributed by atoms with Crippen LogP contribution in [0.2, 0.25) is 0 Å². The van der Waals surface area contributed by atoms with Crippen molar-refractivity contribution in [3.05, 3.63) is 23.8 Å². The smallest absolute Gasteiger partial charge is 0.142 e. The highest BCUT2D eigenvalue weighted by Gasteiger charge is 2.27. The number of methoxy groups -OCH3 is 1. The fourth-order valence-electron chi connectivity index (χ4n) is 2.41. The van der Waals surface area contributed by atoms with Crippen LogP contribution in [-0.2, 0) is 0 Å². The number of nitrogens with zero attached hydrogens (tertiary/aromatic N) is 1. The molecule has 0 aromatic heterocycles. The Morgan fingerprint density at radius 2 is 2.12 bits per heavy atom. The molecule has 0 aliphatic carbocycles. The molecule has 2 unspecified atom stereocenters. The first kappa shape index (κ1) is 11.3. The molecule has 0 amide bonds. The number of hydrogen-bond acceptors (Lipinski definition) is 3. The summed E-state index contributed by atoms with van der Waals surface area (Å²) in [6.45, 7) is 2.21. The SMILES string of the molecule is COc1cccc2c1NC(C)CC2N(C)C. The van der Waals surface area contributed by atoms with Crippen LogP contribution in [0.5, 0.6) is 5.75 Å². The van der Waals surface area contributed by atoms with Crippen LogP contribution in [0.15, 0.2) is 18.2 Å². The van der Waals surface area contributed by atoms with Gasteiger partial charge in [0, 0.05) is 12.1 Å². The van der Waals surface area contributed by atoms with Gasteiger partial charge < -0.3 is 15.0 Å². The van der Waals surface area contributed by atoms with Crippen molar-refractivity contribution >= 4 is 5.69 Å². The van der Waals surface area contributed by atoms with E-state index in [2.05, 4.69) is 43.4 Å². The molecule has 16 heavy (non-hydrogen) atoms. The third kappa shape index (κ3) is 1.87. The molecule has 1 aliphatic heterocycles. The van der Waals surface area contributed by atoms with Crippen molar-refractivity contribution in [2.75, 3.05) is 26.5 Å². The minimum Gasteiger partial charge on any atom is -0.495 e. The van der Waals surface area contributed by atoms with Gasteiger partial charge in [0.2, 0.25) is 0 Å². The molecule has 0 saturated heterocycles. The maximum atomic E-state index is 5.41. The summed E-state index contributed by atoms with van der Waals surface area (Å²) in [7, 11) is 5.99. The Bertz CT molecular complexity index is 376. The number of rotatable bonds is 2. The van der Waals surface area contributed by atoms with E-state index in [-0.39, 0.29) is 0 Å². The maximum absolute atomic E-state index is 5.41. The number of para-hydroxylation sites is 1. The number of ether oxygens (including phenoxy) is 1. The van der Waals surface area contributed by atoms with E-state index in [1.807, 2.05) is 6.07 Å². The zero-order chi connectivity index (χ0) is 11.7. The van der Waals surface area contributed by atoms with Gasteiger partial charge in [-0.1, -0.05) is 12.1 Å². The Balaban J connectivity index is 2.46. The van der Waals surface area contributed by atoms with E-state index in [1.54, 1.807) is 7.11 Å². The Kier molecular flexibility index (Phi) is 3.06. The highest BCUT2D eigenvalue weighted by molar-refractivity contribution is 5.65. The summed E-state index contributed by atoms with van der Waals surface area (Å²) >= 11 is 0. The molecule has 0 spiro atoms. The lowest BCUT2D eigenvalue weighted by molar-refractivity contribution is 0.269. The standard InChI is InChI=1S/C13H20N2O/c1-9-8-11(15(2)3)10-6-5-7-12(16-4)13(10)14-9/h5-7,9,11,14H,8H2,1-4H3. The predicted octanol–water partition coefficient (Wildman–Crippen LogP) is 2.50. The summed E-state index contributed by atoms with van der Waals surface area (Å²) in [5.74, 6) is 0.941. The van der Waals surface area contributed by atoms with Crippen LogP contribution in [0.25, 0.3) is 0 Å². The Labute approximate surface area is 97.4 Å². The van der Waals surface area contributed by atoms with Crippen LogP contribution in [0.4, 0.5) is 5.69 Å². The second-order valence-corrected chi connectivity index (χ2v) is 4.68. The van der Waals surface area contributed by atoms with Gasteiger partial charge >= 0.3 is 0 Å². The average molecular weight is 220 g/mol. The normalized spacial score (nSPS) is 23.8. The number of benzene rings is 1. The third-order valence-corrected chi connectivity index (χ3v) is 3.23. The van der Waals surface area contributed by atoms with E-state index in [4.69, 9.17) is 4.74 Å². The number of anilines is 1. The quantitative estimate of drug-likeness (QED) is 0.828. The van der Waals surface area contributed by atoms with E-state index in [9.17, 15) is 0 Å². The second-order valence-electron chi connectivity index (χ2n) is 4.68. The Hall–Kier alpha value is -1.22. The van der Waals surface area contributed by atoms with Gasteiger partial charge in [-0.3, -0.25) is 0 Å². The van der Waals surface area contributed by atoms with Gasteiger partial charge in [-0.2, -0.15) is 0 Å². The minimum absolute atomic E-state index is 0.473. The van der Waals surface area contributed by atoms with E-state index >= 15 is 0 Å². The van der Waals surface area contributed by atoms with Gasteiger partial charge in [0.25, 0.3) is 0 Å². The molecule has 0 bridgehead atoms. The molecule has 1 N–H and O–H groups in total. The molecule has 1 heterocycles. The van der Waals surface area contributed by atoms with Gasteiger partial charge in [0.15, 0.2) is 0 Å². The largest absolute Gasteiger partial charge is 0.495 e. The molecule has 0 radical (unpaired) electrons. The van der Waals surface area contributed by atoms with Gasteiger partial charge in [-0.25, -0.2) is 0 Å². The van der Waals surface area contributed by atoms with Crippen molar-refractivity contribution in [3.63, 3.8) is 0 Å². The zero-order valence-corrected chi connectivity index (χ0v) is 10.4. The number of nitrogens with one attached hydrogen (secondary N) is 1. The zero-order valence-electron chi connectivity index (χ0n) is 10.4. The Morgan fingerprint density at radius 1 is 1.38 bits per heavy atom. The first-order chi connectivity index (χ1) is 7.63. The van der Waals surface area contributed by atoms with Crippen LogP contribution in [0, 0.1) is 0 Å². The van der Waals surface area contributed by atoms with Crippen LogP contribution < -0.4 is 10.1 Å². The molecule has 1 aromatic rings. The van der Waals surface area contributed by atoms with Gasteiger partial charge in [0.05, 0.1) is 12.8 Å². The molecule has 1 aromatic carbocycles. The lowest BCUT2D eigenvalue weighted by Crippen LogP contribution is -2.32. The predicted molar refractivity (Wildman–Crippen MR) is 67.1 cm³/mol. The fraction of sp³-hybridized carbons (Fsp3) is 0.538. The maximum Gasteiger partial charge on any atom is 0.142 e. The molecule has 2 rings (SSSR count). The highest BCUT2D eigenvalue weighted by atomic mass is 16.5. The summed E-state index contributed by atoms with van der Waals surface area (Å²) in [5, 5.41) is 3.51. The van der Waals surface area contributed by atoms with Crippen LogP contribution in [0.3, 0.4) is 0 Å². The summed E-state index contributed by atoms with van der Waals surface area (Å²) in [6, 6.07) is 7.21. The monoisotopic (exact) mass is 220 g/mol. The van der Waals surface area contributed by atoms with Crippen molar-refractivity contribution in [2.24, 2.45) is 0 Å². The molecule has 0 fully saturated rings. The lowest BCUT2D eigenvalue weighted by atomic mass is 9.92. The summed E-state index contributed by atoms with van der Waals surface area (Å²) < 4.78 is 5.41. The molecule has 3 nitrogen and oxygen atoms in total. The summed E-state index contributed by atoms with van der Waals surface area (Å²) in [6.07, 6.45) is 1.13. The van der Waals surface area contributed by atoms with Gasteiger partial charge in [-0.05, 0) is 39.1 Å². The first-order valence-electron chi connectivity index (χ1n) is 5.73. The molecule has 88 valence electrons. The molecule has 3 heteroatoms. The minimum atomic E-state index is 0.473. The average Bonchev–Trinajstić information content (AvgIpc) is 2.27. The van der Waals surface area contributed by atoms with E-state index in [0.717, 1.165) is 17.9 Å². The van der Waals surface area contributed by atoms with Gasteiger partial charge in [-0.15, -0.1) is 0 Å². The Morgan fingerprint density at radius 3 is 2.75 bits per heavy atom. The lowest BCUT2D eigenvalue weighted by Gasteiger charge is -2.35. The first-order valence-corrected chi connectivity index (χ1v) is 5.73. The molecule has 2 atom stereocenters. The third-order valence-electron chi connectivity index (χ3n) is 3.23. The number of hydrogen-bond donors (Lipinski definition) is 1. The molecule has 1 aliphatic rings. The molecular weight excluding hydrogens is 200 g/mol. The second kappa shape index (κ2) is 4.34. The molecule has 0 saturated carbocycles. The fourth-order valence-corrected chi connectivity index (χ4v) is 2.41. The molecular formula is C13H20N2O. The van der Waals surface area contributed by atoms with Crippen LogP contribution >= 0.6 is 0 Å².